The lowest BCUT2D eigenvalue weighted by molar-refractivity contribution is 0.578. The standard InChI is InChI=1S/C19H20N2O3S/c1-4-20-18-19(25(22,23)16-10-8-13(2)9-11-16)21-17(24-18)15-7-5-6-14(3)12-15/h5-12,20H,4H2,1-3H3. The van der Waals surface area contributed by atoms with Crippen LogP contribution in [0.5, 0.6) is 0 Å². The Hall–Kier alpha value is -2.60. The van der Waals surface area contributed by atoms with Gasteiger partial charge in [-0.05, 0) is 45.0 Å². The van der Waals surface area contributed by atoms with Crippen LogP contribution in [0.4, 0.5) is 5.88 Å². The molecule has 0 atom stereocenters. The third kappa shape index (κ3) is 3.44. The largest absolute Gasteiger partial charge is 0.419 e. The maximum atomic E-state index is 13.0. The zero-order valence-electron chi connectivity index (χ0n) is 14.4. The van der Waals surface area contributed by atoms with E-state index in [0.717, 1.165) is 16.7 Å². The summed E-state index contributed by atoms with van der Waals surface area (Å²) in [6, 6.07) is 14.3. The monoisotopic (exact) mass is 356 g/mol. The predicted octanol–water partition coefficient (Wildman–Crippen LogP) is 4.22. The predicted molar refractivity (Wildman–Crippen MR) is 97.5 cm³/mol. The van der Waals surface area contributed by atoms with Crippen LogP contribution in [-0.2, 0) is 9.84 Å². The molecule has 130 valence electrons. The number of nitrogens with one attached hydrogen (secondary N) is 1. The number of oxazole rings is 1. The second-order valence-electron chi connectivity index (χ2n) is 5.87. The van der Waals surface area contributed by atoms with Gasteiger partial charge in [-0.1, -0.05) is 35.4 Å². The molecule has 0 unspecified atom stereocenters. The molecule has 0 aliphatic carbocycles. The molecule has 0 radical (unpaired) electrons. The van der Waals surface area contributed by atoms with Gasteiger partial charge in [-0.2, -0.15) is 4.98 Å². The number of benzene rings is 2. The first-order valence-corrected chi connectivity index (χ1v) is 9.53. The molecular formula is C19H20N2O3S. The Morgan fingerprint density at radius 2 is 1.76 bits per heavy atom. The summed E-state index contributed by atoms with van der Waals surface area (Å²) < 4.78 is 31.7. The van der Waals surface area contributed by atoms with Crippen LogP contribution in [0, 0.1) is 13.8 Å². The third-order valence-corrected chi connectivity index (χ3v) is 5.46. The van der Waals surface area contributed by atoms with Crippen molar-refractivity contribution in [1.29, 1.82) is 0 Å². The van der Waals surface area contributed by atoms with E-state index >= 15 is 0 Å². The van der Waals surface area contributed by atoms with Crippen LogP contribution in [0.3, 0.4) is 0 Å². The highest BCUT2D eigenvalue weighted by molar-refractivity contribution is 7.91. The highest BCUT2D eigenvalue weighted by Gasteiger charge is 2.28. The van der Waals surface area contributed by atoms with Crippen molar-refractivity contribution in [2.24, 2.45) is 0 Å². The molecule has 5 nitrogen and oxygen atoms in total. The van der Waals surface area contributed by atoms with Crippen molar-refractivity contribution in [3.8, 4) is 11.5 Å². The number of aromatic nitrogens is 1. The molecular weight excluding hydrogens is 336 g/mol. The summed E-state index contributed by atoms with van der Waals surface area (Å²) in [7, 11) is -3.77. The van der Waals surface area contributed by atoms with Crippen molar-refractivity contribution in [1.82, 2.24) is 4.98 Å². The Morgan fingerprint density at radius 3 is 2.40 bits per heavy atom. The summed E-state index contributed by atoms with van der Waals surface area (Å²) in [6.45, 7) is 6.27. The summed E-state index contributed by atoms with van der Waals surface area (Å²) in [5.41, 5.74) is 2.78. The van der Waals surface area contributed by atoms with Crippen LogP contribution in [0.2, 0.25) is 0 Å². The van der Waals surface area contributed by atoms with E-state index in [0.29, 0.717) is 6.54 Å². The van der Waals surface area contributed by atoms with Gasteiger partial charge in [0.1, 0.15) is 0 Å². The Labute approximate surface area is 147 Å². The molecule has 1 heterocycles. The quantitative estimate of drug-likeness (QED) is 0.741. The van der Waals surface area contributed by atoms with Gasteiger partial charge in [-0.3, -0.25) is 0 Å². The number of rotatable bonds is 5. The minimum Gasteiger partial charge on any atom is -0.419 e. The average Bonchev–Trinajstić information content (AvgIpc) is 3.00. The molecule has 0 saturated heterocycles. The van der Waals surface area contributed by atoms with Crippen molar-refractivity contribution in [2.45, 2.75) is 30.7 Å². The SMILES string of the molecule is CCNc1oc(-c2cccc(C)c2)nc1S(=O)(=O)c1ccc(C)cc1. The Kier molecular flexibility index (Phi) is 4.63. The smallest absolute Gasteiger partial charge is 0.233 e. The summed E-state index contributed by atoms with van der Waals surface area (Å²) in [5, 5.41) is 2.87. The molecule has 3 aromatic rings. The lowest BCUT2D eigenvalue weighted by atomic mass is 10.1. The molecule has 0 saturated carbocycles. The Morgan fingerprint density at radius 1 is 1.04 bits per heavy atom. The molecule has 1 N–H and O–H groups in total. The molecule has 6 heteroatoms. The molecule has 25 heavy (non-hydrogen) atoms. The topological polar surface area (TPSA) is 72.2 Å². The lowest BCUT2D eigenvalue weighted by Crippen LogP contribution is -2.07. The fourth-order valence-corrected chi connectivity index (χ4v) is 3.77. The van der Waals surface area contributed by atoms with Crippen LogP contribution < -0.4 is 5.32 Å². The van der Waals surface area contributed by atoms with E-state index in [4.69, 9.17) is 4.42 Å². The lowest BCUT2D eigenvalue weighted by Gasteiger charge is -2.04. The van der Waals surface area contributed by atoms with E-state index in [-0.39, 0.29) is 21.7 Å². The second kappa shape index (κ2) is 6.72. The van der Waals surface area contributed by atoms with Crippen molar-refractivity contribution in [3.63, 3.8) is 0 Å². The van der Waals surface area contributed by atoms with E-state index in [1.165, 1.54) is 0 Å². The van der Waals surface area contributed by atoms with Crippen molar-refractivity contribution >= 4 is 15.7 Å². The highest BCUT2D eigenvalue weighted by Crippen LogP contribution is 2.32. The first kappa shape index (κ1) is 17.2. The Balaban J connectivity index is 2.13. The summed E-state index contributed by atoms with van der Waals surface area (Å²) >= 11 is 0. The molecule has 0 aliphatic heterocycles. The number of hydrogen-bond donors (Lipinski definition) is 1. The van der Waals surface area contributed by atoms with Gasteiger partial charge in [-0.15, -0.1) is 0 Å². The number of aryl methyl sites for hydroxylation is 2. The Bertz CT molecular complexity index is 990. The van der Waals surface area contributed by atoms with Crippen LogP contribution >= 0.6 is 0 Å². The van der Waals surface area contributed by atoms with Gasteiger partial charge in [0.25, 0.3) is 0 Å². The summed E-state index contributed by atoms with van der Waals surface area (Å²) in [5.74, 6) is 0.449. The molecule has 3 rings (SSSR count). The number of nitrogens with zero attached hydrogens (tertiary/aromatic N) is 1. The molecule has 0 fully saturated rings. The van der Waals surface area contributed by atoms with Gasteiger partial charge < -0.3 is 9.73 Å². The van der Waals surface area contributed by atoms with Crippen LogP contribution in [0.15, 0.2) is 62.9 Å². The molecule has 2 aromatic carbocycles. The van der Waals surface area contributed by atoms with Gasteiger partial charge in [0.05, 0.1) is 4.90 Å². The third-order valence-electron chi connectivity index (χ3n) is 3.78. The van der Waals surface area contributed by atoms with E-state index in [9.17, 15) is 8.42 Å². The van der Waals surface area contributed by atoms with Gasteiger partial charge in [0.15, 0.2) is 0 Å². The van der Waals surface area contributed by atoms with Crippen molar-refractivity contribution in [2.75, 3.05) is 11.9 Å². The fourth-order valence-electron chi connectivity index (χ4n) is 2.49. The van der Waals surface area contributed by atoms with E-state index < -0.39 is 9.84 Å². The van der Waals surface area contributed by atoms with E-state index in [1.807, 2.05) is 45.0 Å². The maximum absolute atomic E-state index is 13.0. The first-order valence-electron chi connectivity index (χ1n) is 8.05. The second-order valence-corrected chi connectivity index (χ2v) is 7.73. The van der Waals surface area contributed by atoms with Crippen molar-refractivity contribution < 1.29 is 12.8 Å². The average molecular weight is 356 g/mol. The summed E-state index contributed by atoms with van der Waals surface area (Å²) in [4.78, 5) is 4.49. The number of anilines is 1. The minimum atomic E-state index is -3.77. The van der Waals surface area contributed by atoms with Gasteiger partial charge in [0.2, 0.25) is 26.6 Å². The molecule has 0 amide bonds. The molecule has 0 bridgehead atoms. The van der Waals surface area contributed by atoms with Crippen LogP contribution in [0.1, 0.15) is 18.1 Å². The highest BCUT2D eigenvalue weighted by atomic mass is 32.2. The van der Waals surface area contributed by atoms with E-state index in [1.54, 1.807) is 24.3 Å². The van der Waals surface area contributed by atoms with Gasteiger partial charge in [-0.25, -0.2) is 8.42 Å². The normalized spacial score (nSPS) is 11.5. The fraction of sp³-hybridized carbons (Fsp3) is 0.211. The number of hydrogen-bond acceptors (Lipinski definition) is 5. The number of sulfone groups is 1. The van der Waals surface area contributed by atoms with E-state index in [2.05, 4.69) is 10.3 Å². The summed E-state index contributed by atoms with van der Waals surface area (Å²) in [6.07, 6.45) is 0. The maximum Gasteiger partial charge on any atom is 0.233 e. The van der Waals surface area contributed by atoms with Gasteiger partial charge >= 0.3 is 0 Å². The van der Waals surface area contributed by atoms with Crippen LogP contribution in [0.25, 0.3) is 11.5 Å². The first-order chi connectivity index (χ1) is 11.9. The van der Waals surface area contributed by atoms with Crippen LogP contribution in [-0.4, -0.2) is 19.9 Å². The van der Waals surface area contributed by atoms with Gasteiger partial charge in [0, 0.05) is 12.1 Å². The molecule has 0 aliphatic rings. The van der Waals surface area contributed by atoms with Crippen molar-refractivity contribution in [3.05, 3.63) is 59.7 Å². The molecule has 1 aromatic heterocycles. The minimum absolute atomic E-state index is 0.0882. The molecule has 0 spiro atoms. The zero-order chi connectivity index (χ0) is 18.0. The zero-order valence-corrected chi connectivity index (χ0v) is 15.2.